The Balaban J connectivity index is 4.13. The largest absolute Gasteiger partial charge is 0.466 e. The highest BCUT2D eigenvalue weighted by molar-refractivity contribution is 5.90. The molecule has 0 amide bonds. The monoisotopic (exact) mass is 215 g/mol. The molecule has 0 aliphatic heterocycles. The second kappa shape index (κ2) is 8.26. The molecule has 4 heteroatoms. The lowest BCUT2D eigenvalue weighted by Gasteiger charge is -2.12. The second-order valence-corrected chi connectivity index (χ2v) is 3.06. The minimum atomic E-state index is -0.382. The van der Waals surface area contributed by atoms with E-state index in [9.17, 15) is 9.59 Å². The molecule has 0 unspecified atom stereocenters. The van der Waals surface area contributed by atoms with Gasteiger partial charge in [0.25, 0.3) is 0 Å². The molecule has 1 radical (unpaired) electrons. The molecule has 0 aliphatic rings. The molecule has 0 atom stereocenters. The van der Waals surface area contributed by atoms with E-state index < -0.39 is 0 Å². The smallest absolute Gasteiger partial charge is 0.313 e. The van der Waals surface area contributed by atoms with Crippen LogP contribution in [0.25, 0.3) is 0 Å². The van der Waals surface area contributed by atoms with Crippen molar-refractivity contribution in [2.45, 2.75) is 40.0 Å². The third-order valence-electron chi connectivity index (χ3n) is 1.78. The molecule has 0 aromatic carbocycles. The summed E-state index contributed by atoms with van der Waals surface area (Å²) in [6.45, 7) is 6.09. The van der Waals surface area contributed by atoms with Crippen molar-refractivity contribution in [2.24, 2.45) is 0 Å². The topological polar surface area (TPSA) is 52.6 Å². The van der Waals surface area contributed by atoms with Gasteiger partial charge in [0.1, 0.15) is 0 Å². The third-order valence-corrected chi connectivity index (χ3v) is 1.78. The summed E-state index contributed by atoms with van der Waals surface area (Å²) in [6.07, 6.45) is 1.44. The van der Waals surface area contributed by atoms with Crippen LogP contribution in [0, 0.1) is 5.92 Å². The van der Waals surface area contributed by atoms with Gasteiger partial charge in [-0.15, -0.1) is 0 Å². The van der Waals surface area contributed by atoms with E-state index in [2.05, 4.69) is 0 Å². The number of carbonyl (C=O) groups excluding carboxylic acids is 2. The summed E-state index contributed by atoms with van der Waals surface area (Å²) < 4.78 is 9.63. The summed E-state index contributed by atoms with van der Waals surface area (Å²) in [5, 5.41) is 0. The highest BCUT2D eigenvalue weighted by Crippen LogP contribution is 2.16. The lowest BCUT2D eigenvalue weighted by atomic mass is 10.0. The van der Waals surface area contributed by atoms with Crippen molar-refractivity contribution in [1.82, 2.24) is 0 Å². The Labute approximate surface area is 90.9 Å². The average Bonchev–Trinajstić information content (AvgIpc) is 2.18. The van der Waals surface area contributed by atoms with Crippen molar-refractivity contribution in [3.63, 3.8) is 0 Å². The summed E-state index contributed by atoms with van der Waals surface area (Å²) in [5.74, 6) is -0.251. The Morgan fingerprint density at radius 1 is 1.00 bits per heavy atom. The minimum absolute atomic E-state index is 0.0422. The summed E-state index contributed by atoms with van der Waals surface area (Å²) in [5.41, 5.74) is 0. The summed E-state index contributed by atoms with van der Waals surface area (Å²) in [6, 6.07) is 0. The first-order valence-electron chi connectivity index (χ1n) is 5.33. The quantitative estimate of drug-likeness (QED) is 0.608. The van der Waals surface area contributed by atoms with Gasteiger partial charge in [-0.3, -0.25) is 9.59 Å². The first kappa shape index (κ1) is 13.9. The van der Waals surface area contributed by atoms with Crippen LogP contribution in [-0.2, 0) is 19.1 Å². The van der Waals surface area contributed by atoms with Crippen LogP contribution in [0.2, 0.25) is 0 Å². The molecule has 87 valence electrons. The molecule has 0 bridgehead atoms. The normalized spacial score (nSPS) is 10.1. The van der Waals surface area contributed by atoms with Gasteiger partial charge in [0, 0.05) is 0 Å². The van der Waals surface area contributed by atoms with Gasteiger partial charge in [0.15, 0.2) is 0 Å². The van der Waals surface area contributed by atoms with Gasteiger partial charge in [-0.2, -0.15) is 0 Å². The van der Waals surface area contributed by atoms with E-state index in [-0.39, 0.29) is 18.4 Å². The van der Waals surface area contributed by atoms with Crippen LogP contribution < -0.4 is 0 Å². The van der Waals surface area contributed by atoms with E-state index in [0.29, 0.717) is 25.6 Å². The van der Waals surface area contributed by atoms with Crippen molar-refractivity contribution in [1.29, 1.82) is 0 Å². The van der Waals surface area contributed by atoms with Crippen molar-refractivity contribution >= 4 is 11.9 Å². The van der Waals surface area contributed by atoms with Crippen molar-refractivity contribution in [3.8, 4) is 0 Å². The van der Waals surface area contributed by atoms with E-state index in [1.165, 1.54) is 0 Å². The molecular formula is C11H19O4. The van der Waals surface area contributed by atoms with E-state index >= 15 is 0 Å². The molecule has 4 nitrogen and oxygen atoms in total. The molecule has 0 aromatic heterocycles. The van der Waals surface area contributed by atoms with Crippen LogP contribution in [0.3, 0.4) is 0 Å². The molecule has 0 rings (SSSR count). The lowest BCUT2D eigenvalue weighted by Crippen LogP contribution is -2.20. The Morgan fingerprint density at radius 2 is 1.60 bits per heavy atom. The Morgan fingerprint density at radius 3 is 2.07 bits per heavy atom. The Bertz CT molecular complexity index is 201. The first-order chi connectivity index (χ1) is 7.15. The zero-order valence-electron chi connectivity index (χ0n) is 9.67. The van der Waals surface area contributed by atoms with Crippen molar-refractivity contribution in [3.05, 3.63) is 5.92 Å². The van der Waals surface area contributed by atoms with Crippen LogP contribution in [0.5, 0.6) is 0 Å². The Hall–Kier alpha value is -1.06. The van der Waals surface area contributed by atoms with Crippen molar-refractivity contribution < 1.29 is 19.1 Å². The summed E-state index contributed by atoms with van der Waals surface area (Å²) >= 11 is 0. The molecule has 0 heterocycles. The maximum Gasteiger partial charge on any atom is 0.313 e. The van der Waals surface area contributed by atoms with Gasteiger partial charge in [0.2, 0.25) is 0 Å². The predicted octanol–water partition coefficient (Wildman–Crippen LogP) is 1.88. The molecule has 0 fully saturated rings. The fourth-order valence-corrected chi connectivity index (χ4v) is 1.18. The summed E-state index contributed by atoms with van der Waals surface area (Å²) in [7, 11) is 0. The highest BCUT2D eigenvalue weighted by Gasteiger charge is 2.23. The van der Waals surface area contributed by atoms with E-state index in [1.54, 1.807) is 13.8 Å². The molecule has 0 spiro atoms. The SMILES string of the molecule is CCC[C](CC(=O)OCC)C(=O)OCC. The van der Waals surface area contributed by atoms with Crippen molar-refractivity contribution in [2.75, 3.05) is 13.2 Å². The van der Waals surface area contributed by atoms with Gasteiger partial charge in [-0.25, -0.2) is 0 Å². The van der Waals surface area contributed by atoms with E-state index in [0.717, 1.165) is 6.42 Å². The second-order valence-electron chi connectivity index (χ2n) is 3.06. The number of rotatable bonds is 7. The molecular weight excluding hydrogens is 196 g/mol. The van der Waals surface area contributed by atoms with Crippen LogP contribution in [0.15, 0.2) is 0 Å². The predicted molar refractivity (Wildman–Crippen MR) is 56.0 cm³/mol. The zero-order valence-corrected chi connectivity index (χ0v) is 9.67. The molecule has 0 saturated carbocycles. The molecule has 0 aliphatic carbocycles. The maximum absolute atomic E-state index is 11.4. The van der Waals surface area contributed by atoms with Gasteiger partial charge in [-0.05, 0) is 20.3 Å². The first-order valence-corrected chi connectivity index (χ1v) is 5.33. The van der Waals surface area contributed by atoms with Crippen LogP contribution in [-0.4, -0.2) is 25.2 Å². The third kappa shape index (κ3) is 6.10. The number of carbonyl (C=O) groups is 2. The molecule has 15 heavy (non-hydrogen) atoms. The minimum Gasteiger partial charge on any atom is -0.466 e. The maximum atomic E-state index is 11.4. The lowest BCUT2D eigenvalue weighted by molar-refractivity contribution is -0.148. The number of esters is 2. The molecule has 0 saturated heterocycles. The van der Waals surface area contributed by atoms with Gasteiger partial charge in [-0.1, -0.05) is 13.3 Å². The standard InChI is InChI=1S/C11H19O4/c1-4-7-9(11(13)15-6-3)8-10(12)14-5-2/h4-8H2,1-3H3. The number of hydrogen-bond donors (Lipinski definition) is 0. The fraction of sp³-hybridized carbons (Fsp3) is 0.727. The van der Waals surface area contributed by atoms with Gasteiger partial charge < -0.3 is 9.47 Å². The van der Waals surface area contributed by atoms with Gasteiger partial charge in [0.05, 0.1) is 25.6 Å². The molecule has 0 aromatic rings. The van der Waals surface area contributed by atoms with Crippen LogP contribution in [0.1, 0.15) is 40.0 Å². The van der Waals surface area contributed by atoms with E-state index in [1.807, 2.05) is 6.92 Å². The Kier molecular flexibility index (Phi) is 7.68. The number of ether oxygens (including phenoxy) is 2. The molecule has 0 N–H and O–H groups in total. The fourth-order valence-electron chi connectivity index (χ4n) is 1.18. The van der Waals surface area contributed by atoms with Crippen LogP contribution in [0.4, 0.5) is 0 Å². The van der Waals surface area contributed by atoms with Gasteiger partial charge >= 0.3 is 11.9 Å². The van der Waals surface area contributed by atoms with E-state index in [4.69, 9.17) is 9.47 Å². The zero-order chi connectivity index (χ0) is 11.7. The average molecular weight is 215 g/mol. The summed E-state index contributed by atoms with van der Waals surface area (Å²) in [4.78, 5) is 22.6. The highest BCUT2D eigenvalue weighted by atomic mass is 16.5. The number of hydrogen-bond acceptors (Lipinski definition) is 4. The van der Waals surface area contributed by atoms with Crippen LogP contribution >= 0.6 is 0 Å².